The summed E-state index contributed by atoms with van der Waals surface area (Å²) in [5.74, 6) is -2.85. The number of allylic oxidation sites excluding steroid dienone is 1. The van der Waals surface area contributed by atoms with E-state index in [1.807, 2.05) is 51.1 Å². The molecule has 0 aliphatic carbocycles. The van der Waals surface area contributed by atoms with E-state index < -0.39 is 46.6 Å². The molecule has 1 aromatic rings. The summed E-state index contributed by atoms with van der Waals surface area (Å²) in [5.41, 5.74) is -2.12. The normalized spacial score (nSPS) is 28.9. The molecule has 3 saturated heterocycles. The minimum Gasteiger partial charge on any atom is -0.465 e. The maximum atomic E-state index is 15.0. The van der Waals surface area contributed by atoms with Crippen LogP contribution in [0.15, 0.2) is 55.6 Å². The predicted octanol–water partition coefficient (Wildman–Crippen LogP) is 5.22. The number of hydrogen-bond acceptors (Lipinski definition) is 6. The van der Waals surface area contributed by atoms with E-state index in [1.54, 1.807) is 17.1 Å². The number of ether oxygens (including phenoxy) is 2. The van der Waals surface area contributed by atoms with Crippen molar-refractivity contribution in [1.82, 2.24) is 9.80 Å². The molecule has 0 aromatic heterocycles. The quantitative estimate of drug-likeness (QED) is 0.191. The molecule has 3 aliphatic heterocycles. The van der Waals surface area contributed by atoms with Gasteiger partial charge in [-0.05, 0) is 63.9 Å². The highest BCUT2D eigenvalue weighted by Crippen LogP contribution is 2.64. The zero-order valence-corrected chi connectivity index (χ0v) is 26.8. The summed E-state index contributed by atoms with van der Waals surface area (Å²) in [6.07, 6.45) is 6.49. The van der Waals surface area contributed by atoms with Crippen molar-refractivity contribution in [3.63, 3.8) is 0 Å². The Balaban J connectivity index is 1.84. The number of aliphatic hydroxyl groups is 1. The number of unbranched alkanes of at least 4 members (excludes halogenated alkanes) is 1. The summed E-state index contributed by atoms with van der Waals surface area (Å²) in [6, 6.07) is 7.41. The largest absolute Gasteiger partial charge is 0.465 e. The van der Waals surface area contributed by atoms with Gasteiger partial charge in [0.2, 0.25) is 11.8 Å². The number of carbonyl (C=O) groups is 3. The molecule has 3 aliphatic rings. The van der Waals surface area contributed by atoms with Crippen LogP contribution in [0.3, 0.4) is 0 Å². The molecule has 8 nitrogen and oxygen atoms in total. The minimum atomic E-state index is -1.23. The number of nitrogens with zero attached hydrogens (tertiary/aromatic N) is 2. The van der Waals surface area contributed by atoms with Gasteiger partial charge >= 0.3 is 5.97 Å². The molecule has 1 aromatic carbocycles. The SMILES string of the molecule is C=CCCCOC(=O)[C@H]1[C@H]2C(=O)N([C@H](CO)c3ccccc3)C(C(=O)N(CC=C)C(C)(C)CC(C)(C)C)C23CC[C@]1(C)O3. The molecule has 3 heterocycles. The molecular weight excluding hydrogens is 544 g/mol. The third-order valence-corrected chi connectivity index (χ3v) is 9.46. The Hall–Kier alpha value is -2.97. The molecule has 6 atom stereocenters. The van der Waals surface area contributed by atoms with Gasteiger partial charge < -0.3 is 24.4 Å². The van der Waals surface area contributed by atoms with Crippen molar-refractivity contribution in [2.75, 3.05) is 19.8 Å². The summed E-state index contributed by atoms with van der Waals surface area (Å²) in [6.45, 7) is 20.1. The summed E-state index contributed by atoms with van der Waals surface area (Å²) in [4.78, 5) is 46.7. The van der Waals surface area contributed by atoms with Gasteiger partial charge in [-0.2, -0.15) is 0 Å². The molecule has 4 rings (SSSR count). The van der Waals surface area contributed by atoms with E-state index in [0.29, 0.717) is 37.7 Å². The lowest BCUT2D eigenvalue weighted by atomic mass is 9.66. The van der Waals surface area contributed by atoms with Crippen molar-refractivity contribution in [1.29, 1.82) is 0 Å². The zero-order valence-electron chi connectivity index (χ0n) is 26.8. The van der Waals surface area contributed by atoms with Crippen molar-refractivity contribution >= 4 is 17.8 Å². The molecule has 236 valence electrons. The molecule has 2 amide bonds. The van der Waals surface area contributed by atoms with Crippen LogP contribution in [0.5, 0.6) is 0 Å². The Labute approximate surface area is 257 Å². The van der Waals surface area contributed by atoms with Crippen LogP contribution in [0.1, 0.15) is 85.3 Å². The van der Waals surface area contributed by atoms with Gasteiger partial charge in [0.05, 0.1) is 30.8 Å². The number of aliphatic hydroxyl groups excluding tert-OH is 1. The van der Waals surface area contributed by atoms with Gasteiger partial charge in [0.1, 0.15) is 17.6 Å². The van der Waals surface area contributed by atoms with Crippen LogP contribution in [-0.2, 0) is 23.9 Å². The van der Waals surface area contributed by atoms with Crippen molar-refractivity contribution in [3.8, 4) is 0 Å². The summed E-state index contributed by atoms with van der Waals surface area (Å²) >= 11 is 0. The molecular formula is C35H50N2O6. The lowest BCUT2D eigenvalue weighted by Crippen LogP contribution is -2.61. The second kappa shape index (κ2) is 12.2. The van der Waals surface area contributed by atoms with Crippen LogP contribution in [0.25, 0.3) is 0 Å². The average molecular weight is 595 g/mol. The van der Waals surface area contributed by atoms with E-state index in [9.17, 15) is 14.7 Å². The standard InChI is InChI=1S/C35H50N2O6/c1-9-11-15-21-42-31(41)27-26-29(39)37(25(22-38)24-16-13-12-14-17-24)28(35(26)19-18-34(27,8)43-35)30(40)36(20-10-2)33(6,7)23-32(3,4)5/h9-10,12-14,16-17,25-28,38H,1-2,11,15,18-23H2,3-8H3/t25-,26+,27-,28?,34+,35?/m1/s1. The summed E-state index contributed by atoms with van der Waals surface area (Å²) in [5, 5.41) is 10.8. The molecule has 2 unspecified atom stereocenters. The molecule has 43 heavy (non-hydrogen) atoms. The molecule has 8 heteroatoms. The van der Waals surface area contributed by atoms with Gasteiger partial charge in [-0.3, -0.25) is 14.4 Å². The third kappa shape index (κ3) is 5.93. The fourth-order valence-corrected chi connectivity index (χ4v) is 8.16. The number of carbonyl (C=O) groups excluding carboxylic acids is 3. The predicted molar refractivity (Wildman–Crippen MR) is 166 cm³/mol. The number of fused-ring (bicyclic) bond motifs is 1. The first-order valence-corrected chi connectivity index (χ1v) is 15.6. The number of likely N-dealkylation sites (tertiary alicyclic amines) is 1. The van der Waals surface area contributed by atoms with Gasteiger partial charge in [-0.15, -0.1) is 13.2 Å². The summed E-state index contributed by atoms with van der Waals surface area (Å²) in [7, 11) is 0. The maximum Gasteiger partial charge on any atom is 0.312 e. The monoisotopic (exact) mass is 594 g/mol. The average Bonchev–Trinajstić information content (AvgIpc) is 3.50. The van der Waals surface area contributed by atoms with Crippen LogP contribution in [0, 0.1) is 17.3 Å². The van der Waals surface area contributed by atoms with Crippen molar-refractivity contribution in [2.45, 2.75) is 102 Å². The van der Waals surface area contributed by atoms with Gasteiger partial charge in [-0.25, -0.2) is 0 Å². The van der Waals surface area contributed by atoms with Gasteiger partial charge in [-0.1, -0.05) is 63.3 Å². The molecule has 0 radical (unpaired) electrons. The lowest BCUT2D eigenvalue weighted by molar-refractivity contribution is -0.163. The fourth-order valence-electron chi connectivity index (χ4n) is 8.16. The first kappa shape index (κ1) is 32.9. The van der Waals surface area contributed by atoms with Gasteiger partial charge in [0, 0.05) is 12.1 Å². The molecule has 1 spiro atoms. The Bertz CT molecular complexity index is 1220. The Morgan fingerprint density at radius 3 is 2.42 bits per heavy atom. The Kier molecular flexibility index (Phi) is 9.34. The van der Waals surface area contributed by atoms with Crippen molar-refractivity contribution < 1.29 is 29.0 Å². The van der Waals surface area contributed by atoms with Crippen LogP contribution in [0.2, 0.25) is 0 Å². The molecule has 3 fully saturated rings. The van der Waals surface area contributed by atoms with Crippen LogP contribution in [-0.4, -0.2) is 75.2 Å². The highest BCUT2D eigenvalue weighted by atomic mass is 16.6. The van der Waals surface area contributed by atoms with Crippen LogP contribution < -0.4 is 0 Å². The smallest absolute Gasteiger partial charge is 0.312 e. The topological polar surface area (TPSA) is 96.4 Å². The van der Waals surface area contributed by atoms with Crippen molar-refractivity contribution in [3.05, 3.63) is 61.2 Å². The lowest BCUT2D eigenvalue weighted by Gasteiger charge is -2.46. The van der Waals surface area contributed by atoms with Gasteiger partial charge in [0.15, 0.2) is 0 Å². The fraction of sp³-hybridized carbons (Fsp3) is 0.629. The number of hydrogen-bond donors (Lipinski definition) is 1. The number of esters is 1. The Morgan fingerprint density at radius 2 is 1.84 bits per heavy atom. The second-order valence-corrected chi connectivity index (χ2v) is 14.5. The highest BCUT2D eigenvalue weighted by molar-refractivity contribution is 5.99. The van der Waals surface area contributed by atoms with E-state index >= 15 is 4.79 Å². The van der Waals surface area contributed by atoms with E-state index in [-0.39, 0.29) is 37.0 Å². The number of benzene rings is 1. The van der Waals surface area contributed by atoms with Gasteiger partial charge in [0.25, 0.3) is 0 Å². The maximum absolute atomic E-state index is 15.0. The second-order valence-electron chi connectivity index (χ2n) is 14.5. The molecule has 1 N–H and O–H groups in total. The number of amides is 2. The van der Waals surface area contributed by atoms with E-state index in [1.165, 1.54) is 4.90 Å². The molecule has 2 bridgehead atoms. The van der Waals surface area contributed by atoms with E-state index in [0.717, 1.165) is 0 Å². The van der Waals surface area contributed by atoms with Crippen LogP contribution >= 0.6 is 0 Å². The minimum absolute atomic E-state index is 0.0802. The third-order valence-electron chi connectivity index (χ3n) is 9.46. The Morgan fingerprint density at radius 1 is 1.16 bits per heavy atom. The van der Waals surface area contributed by atoms with E-state index in [4.69, 9.17) is 9.47 Å². The highest BCUT2D eigenvalue weighted by Gasteiger charge is 2.79. The molecule has 0 saturated carbocycles. The van der Waals surface area contributed by atoms with Crippen LogP contribution in [0.4, 0.5) is 0 Å². The first-order chi connectivity index (χ1) is 20.2. The summed E-state index contributed by atoms with van der Waals surface area (Å²) < 4.78 is 12.5. The number of rotatable bonds is 13. The van der Waals surface area contributed by atoms with Crippen molar-refractivity contribution in [2.24, 2.45) is 17.3 Å². The zero-order chi connectivity index (χ0) is 31.8. The first-order valence-electron chi connectivity index (χ1n) is 15.6. The van der Waals surface area contributed by atoms with E-state index in [2.05, 4.69) is 33.9 Å².